The molecule has 0 saturated carbocycles. The summed E-state index contributed by atoms with van der Waals surface area (Å²) in [5.74, 6) is -0.494. The molecule has 5 aromatic rings. The first kappa shape index (κ1) is 20.8. The number of aromatic nitrogens is 1. The molecule has 1 fully saturated rings. The summed E-state index contributed by atoms with van der Waals surface area (Å²) in [7, 11) is 2.13. The molecule has 1 amide bonds. The molecule has 1 N–H and O–H groups in total. The summed E-state index contributed by atoms with van der Waals surface area (Å²) in [4.78, 5) is 35.0. The maximum atomic E-state index is 13.0. The van der Waals surface area contributed by atoms with Crippen molar-refractivity contribution in [1.82, 2.24) is 9.88 Å². The van der Waals surface area contributed by atoms with Gasteiger partial charge in [0.1, 0.15) is 11.1 Å². The van der Waals surface area contributed by atoms with Crippen molar-refractivity contribution in [2.75, 3.05) is 43.4 Å². The summed E-state index contributed by atoms with van der Waals surface area (Å²) < 4.78 is 6.46. The van der Waals surface area contributed by atoms with Gasteiger partial charge in [0.05, 0.1) is 10.2 Å². The quantitative estimate of drug-likeness (QED) is 0.308. The van der Waals surface area contributed by atoms with Crippen molar-refractivity contribution in [3.63, 3.8) is 0 Å². The summed E-state index contributed by atoms with van der Waals surface area (Å²) in [5.41, 5.74) is 1.29. The fourth-order valence-electron chi connectivity index (χ4n) is 4.35. The number of rotatable bonds is 3. The lowest BCUT2D eigenvalue weighted by Crippen LogP contribution is -2.44. The minimum atomic E-state index is -0.656. The average Bonchev–Trinajstić information content (AvgIpc) is 3.27. The van der Waals surface area contributed by atoms with Crippen molar-refractivity contribution in [2.45, 2.75) is 0 Å². The summed E-state index contributed by atoms with van der Waals surface area (Å²) in [6.45, 7) is 3.93. The monoisotopic (exact) mass is 470 g/mol. The van der Waals surface area contributed by atoms with Crippen LogP contribution < -0.4 is 15.8 Å². The lowest BCUT2D eigenvalue weighted by atomic mass is 10.0. The fourth-order valence-corrected chi connectivity index (χ4v) is 5.41. The molecule has 34 heavy (non-hydrogen) atoms. The zero-order valence-electron chi connectivity index (χ0n) is 18.6. The molecular weight excluding hydrogens is 448 g/mol. The summed E-state index contributed by atoms with van der Waals surface area (Å²) in [5, 5.41) is 6.53. The number of fused-ring (bicyclic) bond motifs is 4. The van der Waals surface area contributed by atoms with Gasteiger partial charge in [-0.15, -0.1) is 0 Å². The van der Waals surface area contributed by atoms with Crippen LogP contribution in [0.5, 0.6) is 0 Å². The Labute approximate surface area is 199 Å². The van der Waals surface area contributed by atoms with Crippen LogP contribution in [0.15, 0.2) is 69.9 Å². The smallest absolute Gasteiger partial charge is 0.349 e. The molecule has 0 unspecified atom stereocenters. The fraction of sp³-hybridized carbons (Fsp3) is 0.192. The van der Waals surface area contributed by atoms with Crippen LogP contribution in [0.4, 0.5) is 10.8 Å². The van der Waals surface area contributed by atoms with E-state index in [4.69, 9.17) is 9.40 Å². The maximum absolute atomic E-state index is 13.0. The molecule has 2 aromatic heterocycles. The number of amides is 1. The second kappa shape index (κ2) is 8.23. The highest BCUT2D eigenvalue weighted by Crippen LogP contribution is 2.31. The van der Waals surface area contributed by atoms with Gasteiger partial charge in [0.15, 0.2) is 5.13 Å². The largest absolute Gasteiger partial charge is 0.422 e. The van der Waals surface area contributed by atoms with Crippen LogP contribution in [0.2, 0.25) is 0 Å². The molecule has 1 aliphatic heterocycles. The number of benzene rings is 3. The van der Waals surface area contributed by atoms with Gasteiger partial charge in [-0.05, 0) is 48.2 Å². The van der Waals surface area contributed by atoms with E-state index in [1.54, 1.807) is 23.5 Å². The number of carbonyl (C=O) groups excluding carboxylic acids is 1. The highest BCUT2D eigenvalue weighted by atomic mass is 32.1. The molecule has 0 spiro atoms. The molecule has 3 aromatic carbocycles. The Hall–Kier alpha value is -3.75. The first-order valence-electron chi connectivity index (χ1n) is 11.2. The predicted octanol–water partition coefficient (Wildman–Crippen LogP) is 4.56. The zero-order valence-corrected chi connectivity index (χ0v) is 19.4. The van der Waals surface area contributed by atoms with Crippen molar-refractivity contribution in [2.24, 2.45) is 0 Å². The topological polar surface area (TPSA) is 78.7 Å². The van der Waals surface area contributed by atoms with Crippen molar-refractivity contribution >= 4 is 60.0 Å². The number of piperazine rings is 1. The highest BCUT2D eigenvalue weighted by molar-refractivity contribution is 7.22. The maximum Gasteiger partial charge on any atom is 0.349 e. The van der Waals surface area contributed by atoms with Crippen LogP contribution in [0.3, 0.4) is 0 Å². The third kappa shape index (κ3) is 3.70. The molecule has 170 valence electrons. The summed E-state index contributed by atoms with van der Waals surface area (Å²) in [6, 6.07) is 18.7. The SMILES string of the molecule is CN1CCN(c2nc3ccc(NC(=O)c4cc5c(ccc6ccccc65)oc4=O)cc3s2)CC1. The number of anilines is 2. The standard InChI is InChI=1S/C26H22N4O3S/c1-29-10-12-30(13-11-29)26-28-21-8-7-17(14-23(21)34-26)27-24(31)20-15-19-18-5-3-2-4-16(18)6-9-22(19)33-25(20)32/h2-9,14-15H,10-13H2,1H3,(H,27,31). The van der Waals surface area contributed by atoms with E-state index in [0.717, 1.165) is 57.7 Å². The molecule has 3 heterocycles. The number of nitrogens with zero attached hydrogens (tertiary/aromatic N) is 3. The molecule has 0 bridgehead atoms. The van der Waals surface area contributed by atoms with Gasteiger partial charge >= 0.3 is 5.63 Å². The van der Waals surface area contributed by atoms with E-state index in [1.807, 2.05) is 48.5 Å². The number of carbonyl (C=O) groups is 1. The van der Waals surface area contributed by atoms with Gasteiger partial charge in [-0.3, -0.25) is 4.79 Å². The normalized spacial score (nSPS) is 14.8. The van der Waals surface area contributed by atoms with Gasteiger partial charge in [-0.25, -0.2) is 9.78 Å². The van der Waals surface area contributed by atoms with Crippen molar-refractivity contribution in [3.05, 3.63) is 76.6 Å². The Morgan fingerprint density at radius 1 is 1.00 bits per heavy atom. The van der Waals surface area contributed by atoms with Gasteiger partial charge in [0.2, 0.25) is 0 Å². The summed E-state index contributed by atoms with van der Waals surface area (Å²) >= 11 is 1.61. The molecule has 0 aliphatic carbocycles. The van der Waals surface area contributed by atoms with Crippen LogP contribution in [0, 0.1) is 0 Å². The van der Waals surface area contributed by atoms with Crippen LogP contribution in [0.1, 0.15) is 10.4 Å². The third-order valence-corrected chi connectivity index (χ3v) is 7.37. The Morgan fingerprint density at radius 2 is 1.82 bits per heavy atom. The number of likely N-dealkylation sites (N-methyl/N-ethyl adjacent to an activating group) is 1. The molecule has 1 saturated heterocycles. The van der Waals surface area contributed by atoms with Crippen LogP contribution >= 0.6 is 11.3 Å². The minimum Gasteiger partial charge on any atom is -0.422 e. The number of nitrogens with one attached hydrogen (secondary N) is 1. The van der Waals surface area contributed by atoms with E-state index in [0.29, 0.717) is 11.3 Å². The molecule has 0 atom stereocenters. The van der Waals surface area contributed by atoms with Crippen LogP contribution in [-0.4, -0.2) is 49.0 Å². The lowest BCUT2D eigenvalue weighted by Gasteiger charge is -2.31. The third-order valence-electron chi connectivity index (χ3n) is 6.30. The highest BCUT2D eigenvalue weighted by Gasteiger charge is 2.19. The number of thiazole rings is 1. The molecular formula is C26H22N4O3S. The van der Waals surface area contributed by atoms with Gasteiger partial charge in [0, 0.05) is 37.3 Å². The van der Waals surface area contributed by atoms with Crippen molar-refractivity contribution in [1.29, 1.82) is 0 Å². The zero-order chi connectivity index (χ0) is 23.2. The Balaban J connectivity index is 1.30. The first-order chi connectivity index (χ1) is 16.5. The van der Waals surface area contributed by atoms with Crippen molar-refractivity contribution < 1.29 is 9.21 Å². The second-order valence-corrected chi connectivity index (χ2v) is 9.58. The Bertz CT molecular complexity index is 1620. The van der Waals surface area contributed by atoms with E-state index in [-0.39, 0.29) is 5.56 Å². The van der Waals surface area contributed by atoms with Crippen LogP contribution in [0.25, 0.3) is 32.0 Å². The Morgan fingerprint density at radius 3 is 2.68 bits per heavy atom. The number of hydrogen-bond donors (Lipinski definition) is 1. The lowest BCUT2D eigenvalue weighted by molar-refractivity contribution is 0.102. The van der Waals surface area contributed by atoms with Crippen LogP contribution in [-0.2, 0) is 0 Å². The van der Waals surface area contributed by atoms with Gasteiger partial charge in [-0.1, -0.05) is 41.7 Å². The van der Waals surface area contributed by atoms with E-state index in [2.05, 4.69) is 22.2 Å². The molecule has 1 aliphatic rings. The van der Waals surface area contributed by atoms with Gasteiger partial charge < -0.3 is 19.5 Å². The van der Waals surface area contributed by atoms with Gasteiger partial charge in [-0.2, -0.15) is 0 Å². The van der Waals surface area contributed by atoms with E-state index < -0.39 is 11.5 Å². The predicted molar refractivity (Wildman–Crippen MR) is 137 cm³/mol. The molecule has 0 radical (unpaired) electrons. The first-order valence-corrected chi connectivity index (χ1v) is 12.0. The summed E-state index contributed by atoms with van der Waals surface area (Å²) in [6.07, 6.45) is 0. The van der Waals surface area contributed by atoms with E-state index in [1.165, 1.54) is 0 Å². The molecule has 7 nitrogen and oxygen atoms in total. The van der Waals surface area contributed by atoms with E-state index in [9.17, 15) is 9.59 Å². The van der Waals surface area contributed by atoms with E-state index >= 15 is 0 Å². The molecule has 8 heteroatoms. The second-order valence-electron chi connectivity index (χ2n) is 8.57. The van der Waals surface area contributed by atoms with Gasteiger partial charge in [0.25, 0.3) is 5.91 Å². The Kier molecular flexibility index (Phi) is 5.04. The van der Waals surface area contributed by atoms with Crippen molar-refractivity contribution in [3.8, 4) is 0 Å². The molecule has 6 rings (SSSR count). The average molecular weight is 471 g/mol. The number of hydrogen-bond acceptors (Lipinski definition) is 7. The minimum absolute atomic E-state index is 0.0219.